The maximum atomic E-state index is 14.9. The van der Waals surface area contributed by atoms with Crippen LogP contribution in [0.4, 0.5) is 4.39 Å². The molecule has 0 unspecified atom stereocenters. The molecule has 4 aromatic carbocycles. The third-order valence-corrected chi connectivity index (χ3v) is 5.99. The third kappa shape index (κ3) is 1.57. The summed E-state index contributed by atoms with van der Waals surface area (Å²) >= 11 is 0. The van der Waals surface area contributed by atoms with Crippen molar-refractivity contribution in [3.05, 3.63) is 84.8 Å². The quantitative estimate of drug-likeness (QED) is 0.218. The predicted molar refractivity (Wildman–Crippen MR) is 114 cm³/mol. The second-order valence-corrected chi connectivity index (χ2v) is 7.41. The van der Waals surface area contributed by atoms with E-state index in [1.807, 2.05) is 30.5 Å². The normalized spacial score (nSPS) is 12.5. The van der Waals surface area contributed by atoms with Crippen molar-refractivity contribution in [3.63, 3.8) is 0 Å². The number of fused-ring (bicyclic) bond motifs is 7. The van der Waals surface area contributed by atoms with Gasteiger partial charge in [-0.3, -0.25) is 4.98 Å². The zero-order valence-corrected chi connectivity index (χ0v) is 14.8. The molecule has 0 saturated carbocycles. The van der Waals surface area contributed by atoms with E-state index in [1.54, 1.807) is 12.1 Å². The van der Waals surface area contributed by atoms with Crippen LogP contribution in [0.3, 0.4) is 0 Å². The number of rotatable bonds is 0. The Morgan fingerprint density at radius 1 is 0.679 bits per heavy atom. The molecular formula is C25H13FN2. The molecule has 0 amide bonds. The van der Waals surface area contributed by atoms with Crippen LogP contribution in [0.15, 0.2) is 79.0 Å². The first-order valence-electron chi connectivity index (χ1n) is 9.35. The summed E-state index contributed by atoms with van der Waals surface area (Å²) < 4.78 is 17.1. The Morgan fingerprint density at radius 3 is 2.43 bits per heavy atom. The molecule has 0 aliphatic carbocycles. The average Bonchev–Trinajstić information content (AvgIpc) is 3.08. The summed E-state index contributed by atoms with van der Waals surface area (Å²) in [5, 5.41) is 7.27. The minimum Gasteiger partial charge on any atom is -0.308 e. The molecular weight excluding hydrogens is 347 g/mol. The van der Waals surface area contributed by atoms with Crippen LogP contribution in [0.1, 0.15) is 0 Å². The van der Waals surface area contributed by atoms with Crippen molar-refractivity contribution >= 4 is 59.8 Å². The molecule has 7 aromatic rings. The van der Waals surface area contributed by atoms with E-state index in [-0.39, 0.29) is 5.82 Å². The van der Waals surface area contributed by atoms with Crippen LogP contribution in [-0.2, 0) is 0 Å². The minimum atomic E-state index is -0.185. The zero-order chi connectivity index (χ0) is 18.4. The van der Waals surface area contributed by atoms with Crippen LogP contribution in [0.5, 0.6) is 0 Å². The molecule has 28 heavy (non-hydrogen) atoms. The summed E-state index contributed by atoms with van der Waals surface area (Å²) in [4.78, 5) is 4.75. The van der Waals surface area contributed by atoms with E-state index >= 15 is 0 Å². The summed E-state index contributed by atoms with van der Waals surface area (Å²) in [6.45, 7) is 0. The fraction of sp³-hybridized carbons (Fsp3) is 0. The van der Waals surface area contributed by atoms with Crippen LogP contribution in [-0.4, -0.2) is 9.38 Å². The van der Waals surface area contributed by atoms with Gasteiger partial charge in [0.1, 0.15) is 5.82 Å². The van der Waals surface area contributed by atoms with Gasteiger partial charge in [-0.05, 0) is 46.5 Å². The van der Waals surface area contributed by atoms with Gasteiger partial charge < -0.3 is 4.40 Å². The van der Waals surface area contributed by atoms with Gasteiger partial charge in [0.05, 0.1) is 22.1 Å². The van der Waals surface area contributed by atoms with Crippen LogP contribution in [0.2, 0.25) is 0 Å². The highest BCUT2D eigenvalue weighted by Crippen LogP contribution is 2.41. The lowest BCUT2D eigenvalue weighted by atomic mass is 10.0. The third-order valence-electron chi connectivity index (χ3n) is 5.99. The van der Waals surface area contributed by atoms with Gasteiger partial charge in [-0.15, -0.1) is 0 Å². The van der Waals surface area contributed by atoms with Gasteiger partial charge in [0.2, 0.25) is 0 Å². The molecule has 0 bridgehead atoms. The van der Waals surface area contributed by atoms with Crippen molar-refractivity contribution in [2.24, 2.45) is 0 Å². The van der Waals surface area contributed by atoms with E-state index in [4.69, 9.17) is 4.98 Å². The molecule has 130 valence electrons. The van der Waals surface area contributed by atoms with Crippen molar-refractivity contribution in [1.82, 2.24) is 9.38 Å². The predicted octanol–water partition coefficient (Wildman–Crippen LogP) is 6.68. The van der Waals surface area contributed by atoms with Crippen LogP contribution >= 0.6 is 0 Å². The molecule has 7 rings (SSSR count). The zero-order valence-electron chi connectivity index (χ0n) is 14.8. The number of aromatic nitrogens is 2. The number of pyridine rings is 2. The van der Waals surface area contributed by atoms with E-state index in [2.05, 4.69) is 40.8 Å². The molecule has 3 heteroatoms. The Balaban J connectivity index is 1.96. The molecule has 0 radical (unpaired) electrons. The summed E-state index contributed by atoms with van der Waals surface area (Å²) in [7, 11) is 0. The Labute approximate surface area is 158 Å². The molecule has 0 aliphatic rings. The van der Waals surface area contributed by atoms with Gasteiger partial charge in [0.15, 0.2) is 0 Å². The maximum absolute atomic E-state index is 14.9. The lowest BCUT2D eigenvalue weighted by Crippen LogP contribution is -1.94. The average molecular weight is 360 g/mol. The first-order valence-corrected chi connectivity index (χ1v) is 9.35. The number of benzene rings is 4. The van der Waals surface area contributed by atoms with Gasteiger partial charge in [-0.25, -0.2) is 4.39 Å². The monoisotopic (exact) mass is 360 g/mol. The topological polar surface area (TPSA) is 17.3 Å². The summed E-state index contributed by atoms with van der Waals surface area (Å²) in [6, 6.07) is 24.2. The second kappa shape index (κ2) is 4.76. The van der Waals surface area contributed by atoms with Crippen molar-refractivity contribution in [2.45, 2.75) is 0 Å². The summed E-state index contributed by atoms with van der Waals surface area (Å²) in [5.74, 6) is -0.185. The summed E-state index contributed by atoms with van der Waals surface area (Å²) in [5.41, 5.74) is 3.97. The standard InChI is InChI=1S/C25H13FN2/c26-19-6-3-7-20-23(19)17-9-8-14-10-11-27-24-18-12-15-4-1-2-5-16(15)13-21(18)28(20)25(17)22(14)24/h1-13H. The molecule has 2 nitrogen and oxygen atoms in total. The highest BCUT2D eigenvalue weighted by Gasteiger charge is 2.20. The summed E-state index contributed by atoms with van der Waals surface area (Å²) in [6.07, 6.45) is 1.86. The smallest absolute Gasteiger partial charge is 0.133 e. The molecule has 3 heterocycles. The molecule has 0 fully saturated rings. The lowest BCUT2D eigenvalue weighted by molar-refractivity contribution is 0.640. The van der Waals surface area contributed by atoms with Gasteiger partial charge in [-0.1, -0.05) is 42.5 Å². The number of halogens is 1. The van der Waals surface area contributed by atoms with E-state index in [0.717, 1.165) is 43.6 Å². The van der Waals surface area contributed by atoms with Crippen LogP contribution in [0.25, 0.3) is 59.8 Å². The van der Waals surface area contributed by atoms with E-state index < -0.39 is 0 Å². The van der Waals surface area contributed by atoms with Gasteiger partial charge in [0.25, 0.3) is 0 Å². The Hall–Kier alpha value is -3.72. The van der Waals surface area contributed by atoms with Crippen molar-refractivity contribution < 1.29 is 4.39 Å². The number of hydrogen-bond acceptors (Lipinski definition) is 1. The van der Waals surface area contributed by atoms with Crippen molar-refractivity contribution in [2.75, 3.05) is 0 Å². The van der Waals surface area contributed by atoms with Gasteiger partial charge >= 0.3 is 0 Å². The molecule has 3 aromatic heterocycles. The van der Waals surface area contributed by atoms with E-state index in [0.29, 0.717) is 5.39 Å². The Kier molecular flexibility index (Phi) is 2.44. The molecule has 0 N–H and O–H groups in total. The fourth-order valence-corrected chi connectivity index (χ4v) is 4.83. The van der Waals surface area contributed by atoms with E-state index in [1.165, 1.54) is 10.8 Å². The maximum Gasteiger partial charge on any atom is 0.133 e. The molecule has 0 atom stereocenters. The molecule has 0 aliphatic heterocycles. The fourth-order valence-electron chi connectivity index (χ4n) is 4.83. The van der Waals surface area contributed by atoms with Crippen molar-refractivity contribution in [1.29, 1.82) is 0 Å². The lowest BCUT2D eigenvalue weighted by Gasteiger charge is -2.13. The Morgan fingerprint density at radius 2 is 1.54 bits per heavy atom. The van der Waals surface area contributed by atoms with Crippen molar-refractivity contribution in [3.8, 4) is 0 Å². The van der Waals surface area contributed by atoms with Crippen LogP contribution in [0, 0.1) is 5.82 Å². The largest absolute Gasteiger partial charge is 0.308 e. The molecule has 0 saturated heterocycles. The first kappa shape index (κ1) is 14.4. The molecule has 0 spiro atoms. The second-order valence-electron chi connectivity index (χ2n) is 7.41. The van der Waals surface area contributed by atoms with Gasteiger partial charge in [-0.2, -0.15) is 0 Å². The number of nitrogens with zero attached hydrogens (tertiary/aromatic N) is 2. The van der Waals surface area contributed by atoms with Crippen LogP contribution < -0.4 is 0 Å². The number of hydrogen-bond donors (Lipinski definition) is 0. The first-order chi connectivity index (χ1) is 13.8. The Bertz CT molecular complexity index is 1730. The van der Waals surface area contributed by atoms with E-state index in [9.17, 15) is 4.39 Å². The van der Waals surface area contributed by atoms with Gasteiger partial charge in [0, 0.05) is 27.7 Å². The SMILES string of the molecule is Fc1cccc2c1c1ccc3ccnc4c5cc6ccccc6cc5n2c1c34. The highest BCUT2D eigenvalue weighted by atomic mass is 19.1. The highest BCUT2D eigenvalue weighted by molar-refractivity contribution is 6.28. The minimum absolute atomic E-state index is 0.185.